The van der Waals surface area contributed by atoms with Crippen LogP contribution in [-0.2, 0) is 18.9 Å². The van der Waals surface area contributed by atoms with Crippen molar-refractivity contribution in [3.05, 3.63) is 90.0 Å². The first-order chi connectivity index (χ1) is 22.8. The zero-order chi connectivity index (χ0) is 38.0. The Morgan fingerprint density at radius 2 is 0.540 bits per heavy atom. The van der Waals surface area contributed by atoms with Gasteiger partial charge in [-0.1, -0.05) is 255 Å². The molecule has 0 amide bonds. The van der Waals surface area contributed by atoms with Gasteiger partial charge < -0.3 is 18.9 Å². The normalized spacial score (nSPS) is 36.5. The summed E-state index contributed by atoms with van der Waals surface area (Å²) in [7, 11) is 0. The topological polar surface area (TPSA) is 36.9 Å². The Hall–Kier alpha value is 4.54. The Morgan fingerprint density at radius 3 is 0.700 bits per heavy atom. The fourth-order valence-electron chi connectivity index (χ4n) is 4.32. The molecular weight excluding hydrogens is 1700 g/mol. The predicted molar refractivity (Wildman–Crippen MR) is 263 cm³/mol. The molecule has 0 aromatic carbocycles. The van der Waals surface area contributed by atoms with Crippen LogP contribution in [0.3, 0.4) is 0 Å². The fourth-order valence-corrected chi connectivity index (χ4v) is 13.8. The fraction of sp³-hybridized carbons (Fsp3) is 0.400. The van der Waals surface area contributed by atoms with Gasteiger partial charge in [0.05, 0.1) is 35.2 Å². The van der Waals surface area contributed by atoms with E-state index >= 15 is 0 Å². The summed E-state index contributed by atoms with van der Waals surface area (Å²) < 4.78 is 34.6. The lowest BCUT2D eigenvalue weighted by Gasteiger charge is -2.36. The van der Waals surface area contributed by atoms with Crippen molar-refractivity contribution in [2.75, 3.05) is 0 Å². The van der Waals surface area contributed by atoms with Crippen LogP contribution in [-0.4, -0.2) is 41.7 Å². The van der Waals surface area contributed by atoms with E-state index in [1.807, 2.05) is 52.0 Å². The number of ether oxygens (including phenoxy) is 4. The second kappa shape index (κ2) is 18.0. The maximum atomic E-state index is 6.78. The third-order valence-corrected chi connectivity index (χ3v) is 29.8. The van der Waals surface area contributed by atoms with Crippen LogP contribution in [0, 0.1) is 0 Å². The summed E-state index contributed by atoms with van der Waals surface area (Å²) in [4.78, 5) is 0. The molecular formula is C30H20Br16O4. The summed E-state index contributed by atoms with van der Waals surface area (Å²) in [6.07, 6.45) is 5.03. The first kappa shape index (κ1) is 47.2. The summed E-state index contributed by atoms with van der Waals surface area (Å²) in [5.74, 6) is -0.0552. The van der Waals surface area contributed by atoms with E-state index in [-0.39, 0.29) is 11.9 Å². The third-order valence-electron chi connectivity index (χ3n) is 7.57. The molecule has 50 heavy (non-hydrogen) atoms. The van der Waals surface area contributed by atoms with Crippen molar-refractivity contribution in [3.8, 4) is 0 Å². The van der Waals surface area contributed by atoms with Crippen molar-refractivity contribution in [3.63, 3.8) is 0 Å². The van der Waals surface area contributed by atoms with Gasteiger partial charge in [0, 0.05) is 35.9 Å². The van der Waals surface area contributed by atoms with Crippen LogP contribution in [0.5, 0.6) is 0 Å². The van der Waals surface area contributed by atoms with E-state index in [0.717, 1.165) is 53.8 Å². The lowest BCUT2D eigenvalue weighted by atomic mass is 10.0. The number of halogens is 16. The minimum absolute atomic E-state index is 0.0276. The molecule has 0 aromatic rings. The molecule has 8 unspecified atom stereocenters. The highest BCUT2D eigenvalue weighted by atomic mass is 79.9. The van der Waals surface area contributed by atoms with Crippen LogP contribution in [0.4, 0.5) is 0 Å². The number of alkyl halides is 4. The van der Waals surface area contributed by atoms with E-state index < -0.39 is 41.7 Å². The molecule has 0 saturated heterocycles. The number of allylic oxidation sites excluding steroid dienone is 8. The summed E-state index contributed by atoms with van der Waals surface area (Å²) in [6, 6.07) is 0. The van der Waals surface area contributed by atoms with Gasteiger partial charge in [0.2, 0.25) is 0 Å². The molecule has 0 radical (unpaired) electrons. The van der Waals surface area contributed by atoms with Gasteiger partial charge in [-0.3, -0.25) is 0 Å². The largest absolute Gasteiger partial charge is 0.447 e. The maximum Gasteiger partial charge on any atom is 0.366 e. The van der Waals surface area contributed by atoms with E-state index in [4.69, 9.17) is 18.9 Å². The lowest BCUT2D eigenvalue weighted by molar-refractivity contribution is -0.0656. The molecule has 0 spiro atoms. The highest BCUT2D eigenvalue weighted by Crippen LogP contribution is 2.53. The molecule has 0 N–H and O–H groups in total. The highest BCUT2D eigenvalue weighted by molar-refractivity contribution is 9.18. The predicted octanol–water partition coefficient (Wildman–Crippen LogP) is 17.4. The van der Waals surface area contributed by atoms with Gasteiger partial charge in [0.15, 0.2) is 24.4 Å². The van der Waals surface area contributed by atoms with Gasteiger partial charge >= 0.3 is 11.9 Å². The zero-order valence-corrected chi connectivity index (χ0v) is 50.7. The smallest absolute Gasteiger partial charge is 0.366 e. The van der Waals surface area contributed by atoms with Gasteiger partial charge in [-0.25, -0.2) is 0 Å². The van der Waals surface area contributed by atoms with Crippen molar-refractivity contribution in [2.45, 2.75) is 69.4 Å². The summed E-state index contributed by atoms with van der Waals surface area (Å²) >= 11 is 60.1. The summed E-state index contributed by atoms with van der Waals surface area (Å²) in [5.41, 5.74) is 0. The van der Waals surface area contributed by atoms with Crippen LogP contribution in [0.1, 0.15) is 27.7 Å². The Labute approximate surface area is 425 Å². The molecule has 0 bridgehead atoms. The molecule has 8 atom stereocenters. The Balaban J connectivity index is 1.97. The molecule has 0 saturated carbocycles. The summed E-state index contributed by atoms with van der Waals surface area (Å²) in [5, 5.41) is 0. The van der Waals surface area contributed by atoms with Crippen LogP contribution >= 0.6 is 255 Å². The minimum Gasteiger partial charge on any atom is -0.447 e. The first-order valence-corrected chi connectivity index (χ1v) is 26.4. The van der Waals surface area contributed by atoms with Crippen LogP contribution in [0.15, 0.2) is 90.0 Å². The highest BCUT2D eigenvalue weighted by Gasteiger charge is 2.43. The molecule has 0 fully saturated rings. The van der Waals surface area contributed by atoms with E-state index in [0.29, 0.717) is 0 Å². The minimum atomic E-state index is -0.666. The van der Waals surface area contributed by atoms with Gasteiger partial charge in [-0.05, 0) is 52.0 Å². The number of hydrogen-bond acceptors (Lipinski definition) is 4. The van der Waals surface area contributed by atoms with Crippen LogP contribution in [0.25, 0.3) is 0 Å². The summed E-state index contributed by atoms with van der Waals surface area (Å²) in [6.45, 7) is 8.06. The lowest BCUT2D eigenvalue weighted by Crippen LogP contribution is -2.32. The Morgan fingerprint density at radius 1 is 0.380 bits per heavy atom. The SMILES string of the molecule is CC1(Br)C(Br)=CC(OC(OC2C=C(Br)C(C)(Br)C(Br)=C2Br)=C(OC2C=C(Br)C(C)(Br)C(Br)=C2Br)OC2C=C(Br)C(C)(Br)C(Br)=C2Br)C(Br)=C1Br. The van der Waals surface area contributed by atoms with Crippen LogP contribution in [0.2, 0.25) is 0 Å². The van der Waals surface area contributed by atoms with Gasteiger partial charge in [0.1, 0.15) is 0 Å². The van der Waals surface area contributed by atoms with E-state index in [2.05, 4.69) is 255 Å². The Kier molecular flexibility index (Phi) is 17.0. The average Bonchev–Trinajstić information content (AvgIpc) is 3.03. The molecule has 0 aliphatic heterocycles. The van der Waals surface area contributed by atoms with Crippen molar-refractivity contribution in [1.82, 2.24) is 0 Å². The molecule has 0 heterocycles. The van der Waals surface area contributed by atoms with Crippen LogP contribution < -0.4 is 0 Å². The first-order valence-electron chi connectivity index (χ1n) is 13.7. The quantitative estimate of drug-likeness (QED) is 0.179. The van der Waals surface area contributed by atoms with E-state index in [1.165, 1.54) is 0 Å². The standard InChI is InChI=1S/C30H20Br16O4/c1-27(43)13(31)5-9(17(35)21(27)39)47-25(48-10-6-14(32)28(2,44)22(40)18(10)36)26(49-11-7-15(33)29(3,45)23(41)19(11)37)50-12-8-16(34)30(4,46)24(42)20(12)38/h5-12H,1-4H3. The van der Waals surface area contributed by atoms with Crippen molar-refractivity contribution >= 4 is 255 Å². The molecule has 4 aliphatic rings. The molecule has 4 nitrogen and oxygen atoms in total. The second-order valence-electron chi connectivity index (χ2n) is 11.4. The average molecular weight is 1720 g/mol. The van der Waals surface area contributed by atoms with Crippen molar-refractivity contribution in [1.29, 1.82) is 0 Å². The maximum absolute atomic E-state index is 6.78. The second-order valence-corrected chi connectivity index (χ2v) is 27.8. The monoisotopic (exact) mass is 1710 g/mol. The van der Waals surface area contributed by atoms with E-state index in [9.17, 15) is 0 Å². The molecule has 276 valence electrons. The molecule has 0 aromatic heterocycles. The number of hydrogen-bond donors (Lipinski definition) is 0. The Bertz CT molecular complexity index is 1510. The number of rotatable bonds is 8. The molecule has 4 aliphatic carbocycles. The van der Waals surface area contributed by atoms with Gasteiger partial charge in [0.25, 0.3) is 0 Å². The zero-order valence-electron chi connectivity index (χ0n) is 25.3. The van der Waals surface area contributed by atoms with Crippen molar-refractivity contribution < 1.29 is 18.9 Å². The third kappa shape index (κ3) is 9.61. The van der Waals surface area contributed by atoms with E-state index in [1.54, 1.807) is 0 Å². The molecule has 20 heteroatoms. The van der Waals surface area contributed by atoms with Crippen molar-refractivity contribution in [2.24, 2.45) is 0 Å². The molecule has 4 rings (SSSR count). The van der Waals surface area contributed by atoms with Gasteiger partial charge in [-0.2, -0.15) is 0 Å². The van der Waals surface area contributed by atoms with Gasteiger partial charge in [-0.15, -0.1) is 0 Å².